The first-order valence-electron chi connectivity index (χ1n) is 7.11. The van der Waals surface area contributed by atoms with Gasteiger partial charge in [0, 0.05) is 22.2 Å². The van der Waals surface area contributed by atoms with Crippen LogP contribution in [0.2, 0.25) is 0 Å². The van der Waals surface area contributed by atoms with Gasteiger partial charge < -0.3 is 10.0 Å². The minimum atomic E-state index is -0.949. The summed E-state index contributed by atoms with van der Waals surface area (Å²) in [5, 5.41) is 9.49. The average molecular weight is 386 g/mol. The van der Waals surface area contributed by atoms with Crippen LogP contribution in [0.3, 0.4) is 0 Å². The smallest absolute Gasteiger partial charge is 0.326 e. The Kier molecular flexibility index (Phi) is 5.22. The van der Waals surface area contributed by atoms with E-state index in [0.717, 1.165) is 15.6 Å². The summed E-state index contributed by atoms with van der Waals surface area (Å²) in [5.41, 5.74) is 2.00. The van der Waals surface area contributed by atoms with Crippen LogP contribution in [0.5, 0.6) is 0 Å². The first-order chi connectivity index (χ1) is 10.2. The standard InChI is InChI=1S/C16H20BrNO3S/c1-16(2,3)22-9-14(19)18-8-10-5-4-6-12(17)11(10)7-13(18)15(20)21/h4-6,13H,7-9H2,1-3H3,(H,20,21). The van der Waals surface area contributed by atoms with Crippen molar-refractivity contribution in [2.24, 2.45) is 0 Å². The molecule has 1 amide bonds. The fourth-order valence-electron chi connectivity index (χ4n) is 2.42. The number of carbonyl (C=O) groups is 2. The lowest BCUT2D eigenvalue weighted by Crippen LogP contribution is -2.49. The quantitative estimate of drug-likeness (QED) is 0.866. The largest absolute Gasteiger partial charge is 0.480 e. The molecule has 1 aliphatic heterocycles. The predicted octanol–water partition coefficient (Wildman–Crippen LogP) is 3.32. The molecule has 1 aromatic carbocycles. The molecule has 0 bridgehead atoms. The monoisotopic (exact) mass is 385 g/mol. The van der Waals surface area contributed by atoms with Crippen molar-refractivity contribution in [1.82, 2.24) is 4.90 Å². The molecule has 6 heteroatoms. The number of carbonyl (C=O) groups excluding carboxylic acids is 1. The Balaban J connectivity index is 2.22. The first-order valence-corrected chi connectivity index (χ1v) is 8.89. The Labute approximate surface area is 143 Å². The second-order valence-electron chi connectivity index (χ2n) is 6.36. The molecule has 0 aliphatic carbocycles. The third kappa shape index (κ3) is 4.04. The third-order valence-electron chi connectivity index (χ3n) is 3.56. The van der Waals surface area contributed by atoms with Gasteiger partial charge in [0.25, 0.3) is 0 Å². The minimum Gasteiger partial charge on any atom is -0.480 e. The van der Waals surface area contributed by atoms with Crippen LogP contribution in [0.25, 0.3) is 0 Å². The molecule has 120 valence electrons. The van der Waals surface area contributed by atoms with Crippen molar-refractivity contribution in [3.63, 3.8) is 0 Å². The maximum Gasteiger partial charge on any atom is 0.326 e. The molecular weight excluding hydrogens is 366 g/mol. The summed E-state index contributed by atoms with van der Waals surface area (Å²) < 4.78 is 0.887. The van der Waals surface area contributed by atoms with Crippen LogP contribution in [0, 0.1) is 0 Å². The van der Waals surface area contributed by atoms with Crippen LogP contribution in [-0.2, 0) is 22.6 Å². The number of hydrogen-bond acceptors (Lipinski definition) is 3. The molecule has 22 heavy (non-hydrogen) atoms. The second-order valence-corrected chi connectivity index (χ2v) is 9.01. The number of halogens is 1. The zero-order chi connectivity index (χ0) is 16.5. The third-order valence-corrected chi connectivity index (χ3v) is 5.56. The van der Waals surface area contributed by atoms with Crippen molar-refractivity contribution >= 4 is 39.6 Å². The van der Waals surface area contributed by atoms with E-state index in [9.17, 15) is 14.7 Å². The number of thioether (sulfide) groups is 1. The van der Waals surface area contributed by atoms with E-state index in [1.807, 2.05) is 39.0 Å². The maximum absolute atomic E-state index is 12.5. The van der Waals surface area contributed by atoms with Crippen LogP contribution in [0.15, 0.2) is 22.7 Å². The SMILES string of the molecule is CC(C)(C)SCC(=O)N1Cc2cccc(Br)c2CC1C(=O)O. The summed E-state index contributed by atoms with van der Waals surface area (Å²) in [5.74, 6) is -0.759. The van der Waals surface area contributed by atoms with Crippen molar-refractivity contribution in [1.29, 1.82) is 0 Å². The summed E-state index contributed by atoms with van der Waals surface area (Å²) in [6.45, 7) is 6.49. The molecule has 0 fully saturated rings. The lowest BCUT2D eigenvalue weighted by Gasteiger charge is -2.35. The van der Waals surface area contributed by atoms with Gasteiger partial charge in [-0.15, -0.1) is 11.8 Å². The Morgan fingerprint density at radius 2 is 2.09 bits per heavy atom. The minimum absolute atomic E-state index is 0.0227. The van der Waals surface area contributed by atoms with Crippen LogP contribution < -0.4 is 0 Å². The normalized spacial score (nSPS) is 18.0. The molecule has 0 saturated carbocycles. The van der Waals surface area contributed by atoms with Crippen molar-refractivity contribution in [3.05, 3.63) is 33.8 Å². The van der Waals surface area contributed by atoms with E-state index in [0.29, 0.717) is 18.7 Å². The van der Waals surface area contributed by atoms with E-state index >= 15 is 0 Å². The van der Waals surface area contributed by atoms with E-state index in [2.05, 4.69) is 15.9 Å². The molecule has 0 radical (unpaired) electrons. The highest BCUT2D eigenvalue weighted by molar-refractivity contribution is 9.10. The highest BCUT2D eigenvalue weighted by atomic mass is 79.9. The molecule has 1 N–H and O–H groups in total. The zero-order valence-corrected chi connectivity index (χ0v) is 15.3. The van der Waals surface area contributed by atoms with Crippen LogP contribution in [0.1, 0.15) is 31.9 Å². The Morgan fingerprint density at radius 3 is 2.68 bits per heavy atom. The molecule has 1 heterocycles. The van der Waals surface area contributed by atoms with Gasteiger partial charge in [-0.1, -0.05) is 48.8 Å². The summed E-state index contributed by atoms with van der Waals surface area (Å²) >= 11 is 5.01. The van der Waals surface area contributed by atoms with E-state index < -0.39 is 12.0 Å². The van der Waals surface area contributed by atoms with Crippen molar-refractivity contribution < 1.29 is 14.7 Å². The molecule has 1 aromatic rings. The number of nitrogens with zero attached hydrogens (tertiary/aromatic N) is 1. The second kappa shape index (κ2) is 6.62. The van der Waals surface area contributed by atoms with Gasteiger partial charge in [0.1, 0.15) is 6.04 Å². The molecule has 2 rings (SSSR count). The molecule has 0 spiro atoms. The molecule has 0 aromatic heterocycles. The number of rotatable bonds is 3. The molecular formula is C16H20BrNO3S. The summed E-state index contributed by atoms with van der Waals surface area (Å²) in [7, 11) is 0. The van der Waals surface area contributed by atoms with Gasteiger partial charge in [-0.2, -0.15) is 0 Å². The number of fused-ring (bicyclic) bond motifs is 1. The number of carboxylic acid groups (broad SMARTS) is 1. The van der Waals surface area contributed by atoms with Crippen molar-refractivity contribution in [3.8, 4) is 0 Å². The molecule has 0 saturated heterocycles. The van der Waals surface area contributed by atoms with Crippen LogP contribution in [0.4, 0.5) is 0 Å². The highest BCUT2D eigenvalue weighted by Gasteiger charge is 2.35. The number of benzene rings is 1. The summed E-state index contributed by atoms with van der Waals surface area (Å²) in [4.78, 5) is 25.6. The molecule has 1 atom stereocenters. The Morgan fingerprint density at radius 1 is 1.41 bits per heavy atom. The van der Waals surface area contributed by atoms with Gasteiger partial charge in [0.2, 0.25) is 5.91 Å². The Bertz CT molecular complexity index is 598. The fraction of sp³-hybridized carbons (Fsp3) is 0.500. The van der Waals surface area contributed by atoms with Gasteiger partial charge in [0.05, 0.1) is 5.75 Å². The maximum atomic E-state index is 12.5. The van der Waals surface area contributed by atoms with E-state index in [-0.39, 0.29) is 10.7 Å². The zero-order valence-electron chi connectivity index (χ0n) is 12.9. The highest BCUT2D eigenvalue weighted by Crippen LogP contribution is 2.31. The van der Waals surface area contributed by atoms with Gasteiger partial charge in [-0.05, 0) is 17.2 Å². The number of hydrogen-bond donors (Lipinski definition) is 1. The topological polar surface area (TPSA) is 57.6 Å². The van der Waals surface area contributed by atoms with Crippen LogP contribution >= 0.6 is 27.7 Å². The fourth-order valence-corrected chi connectivity index (χ4v) is 3.71. The van der Waals surface area contributed by atoms with E-state index in [1.165, 1.54) is 4.90 Å². The van der Waals surface area contributed by atoms with Gasteiger partial charge in [0.15, 0.2) is 0 Å². The van der Waals surface area contributed by atoms with E-state index in [4.69, 9.17) is 0 Å². The predicted molar refractivity (Wildman–Crippen MR) is 92.0 cm³/mol. The van der Waals surface area contributed by atoms with Gasteiger partial charge in [-0.3, -0.25) is 4.79 Å². The lowest BCUT2D eigenvalue weighted by molar-refractivity contribution is -0.150. The van der Waals surface area contributed by atoms with Gasteiger partial charge in [-0.25, -0.2) is 4.79 Å². The van der Waals surface area contributed by atoms with Gasteiger partial charge >= 0.3 is 5.97 Å². The number of carboxylic acids is 1. The average Bonchev–Trinajstić information content (AvgIpc) is 2.43. The number of amides is 1. The number of aliphatic carboxylic acids is 1. The molecule has 1 unspecified atom stereocenters. The van der Waals surface area contributed by atoms with E-state index in [1.54, 1.807) is 11.8 Å². The van der Waals surface area contributed by atoms with Crippen LogP contribution in [-0.4, -0.2) is 38.4 Å². The first kappa shape index (κ1) is 17.3. The summed E-state index contributed by atoms with van der Waals surface area (Å²) in [6, 6.07) is 4.98. The van der Waals surface area contributed by atoms with Crippen molar-refractivity contribution in [2.75, 3.05) is 5.75 Å². The summed E-state index contributed by atoms with van der Waals surface area (Å²) in [6.07, 6.45) is 0.345. The van der Waals surface area contributed by atoms with Crippen molar-refractivity contribution in [2.45, 2.75) is 44.5 Å². The Hall–Kier alpha value is -1.01. The molecule has 1 aliphatic rings. The molecule has 4 nitrogen and oxygen atoms in total. The lowest BCUT2D eigenvalue weighted by atomic mass is 9.94.